The van der Waals surface area contributed by atoms with Crippen molar-refractivity contribution in [1.29, 1.82) is 0 Å². The van der Waals surface area contributed by atoms with Gasteiger partial charge in [0.1, 0.15) is 26.1 Å². The molecule has 3 heteroatoms. The van der Waals surface area contributed by atoms with E-state index in [1.807, 2.05) is 11.6 Å². The van der Waals surface area contributed by atoms with Crippen molar-refractivity contribution in [1.82, 2.24) is 5.32 Å². The highest BCUT2D eigenvalue weighted by Crippen LogP contribution is 2.11. The third-order valence-corrected chi connectivity index (χ3v) is 3.75. The Kier molecular flexibility index (Phi) is 10.7. The summed E-state index contributed by atoms with van der Waals surface area (Å²) in [5.41, 5.74) is 0. The Morgan fingerprint density at radius 1 is 1.26 bits per heavy atom. The fourth-order valence-electron chi connectivity index (χ4n) is 2.07. The van der Waals surface area contributed by atoms with Crippen LogP contribution in [0.2, 0.25) is 0 Å². The molecule has 2 atom stereocenters. The molecular formula is C16H33N2O+. The second-order valence-corrected chi connectivity index (χ2v) is 5.85. The van der Waals surface area contributed by atoms with Crippen LogP contribution >= 0.6 is 0 Å². The number of nitrogens with zero attached hydrogens (tertiary/aromatic N) is 1. The number of nitrogens with one attached hydrogen (secondary N) is 1. The van der Waals surface area contributed by atoms with Crippen LogP contribution in [0.15, 0.2) is 0 Å². The molecule has 0 fully saturated rings. The minimum absolute atomic E-state index is 0.00114. The highest BCUT2D eigenvalue weighted by molar-refractivity contribution is 5.81. The average Bonchev–Trinajstić information content (AvgIpc) is 2.35. The number of Topliss-reactive ketones (excluding diaryl/α,β-unsaturated/α-hetero) is 1. The number of carbonyl (C=O) groups excluding carboxylic acids is 1. The maximum absolute atomic E-state index is 11.5. The monoisotopic (exact) mass is 269 g/mol. The topological polar surface area (TPSA) is 32.1 Å². The van der Waals surface area contributed by atoms with Crippen molar-refractivity contribution in [2.75, 3.05) is 20.1 Å². The molecule has 19 heavy (non-hydrogen) atoms. The van der Waals surface area contributed by atoms with Gasteiger partial charge in [0.05, 0.1) is 6.04 Å². The molecule has 0 rings (SSSR count). The average molecular weight is 269 g/mol. The number of hydrogen-bond donors (Lipinski definition) is 1. The van der Waals surface area contributed by atoms with Gasteiger partial charge in [-0.25, -0.2) is 4.58 Å². The molecule has 0 saturated heterocycles. The highest BCUT2D eigenvalue weighted by atomic mass is 16.1. The largest absolute Gasteiger partial charge is 0.307 e. The number of carbonyl (C=O) groups is 1. The Bertz CT molecular complexity index is 263. The van der Waals surface area contributed by atoms with Crippen molar-refractivity contribution in [2.45, 2.75) is 65.3 Å². The van der Waals surface area contributed by atoms with Gasteiger partial charge < -0.3 is 5.32 Å². The molecule has 0 amide bonds. The fraction of sp³-hybridized carbons (Fsp3) is 0.875. The summed E-state index contributed by atoms with van der Waals surface area (Å²) in [6.07, 6.45) is 7.20. The van der Waals surface area contributed by atoms with Crippen molar-refractivity contribution in [3.63, 3.8) is 0 Å². The lowest BCUT2D eigenvalue weighted by Gasteiger charge is -2.14. The maximum atomic E-state index is 11.5. The van der Waals surface area contributed by atoms with E-state index in [2.05, 4.69) is 25.9 Å². The summed E-state index contributed by atoms with van der Waals surface area (Å²) < 4.78 is 1.88. The summed E-state index contributed by atoms with van der Waals surface area (Å²) in [6, 6.07) is -0.00114. The van der Waals surface area contributed by atoms with E-state index in [4.69, 9.17) is 0 Å². The van der Waals surface area contributed by atoms with Crippen LogP contribution in [-0.2, 0) is 4.79 Å². The van der Waals surface area contributed by atoms with E-state index in [0.29, 0.717) is 0 Å². The van der Waals surface area contributed by atoms with Crippen LogP contribution in [0.25, 0.3) is 0 Å². The summed E-state index contributed by atoms with van der Waals surface area (Å²) >= 11 is 0. The third kappa shape index (κ3) is 10.9. The van der Waals surface area contributed by atoms with Crippen molar-refractivity contribution in [3.8, 4) is 0 Å². The Labute approximate surface area is 119 Å². The molecule has 3 nitrogen and oxygen atoms in total. The van der Waals surface area contributed by atoms with E-state index < -0.39 is 0 Å². The van der Waals surface area contributed by atoms with Crippen LogP contribution in [0.5, 0.6) is 0 Å². The van der Waals surface area contributed by atoms with E-state index >= 15 is 0 Å². The first-order valence-corrected chi connectivity index (χ1v) is 7.72. The van der Waals surface area contributed by atoms with E-state index in [1.165, 1.54) is 32.1 Å². The standard InChI is InChI=1S/C16H33N2O/c1-6-14(2)10-8-7-9-12-17-16(15(3)19)11-13-18(4)5/h14,16-17H,4,6-13H2,1-3,5H3/q+1/t14-,16-/m0/s1. The molecule has 0 aliphatic rings. The van der Waals surface area contributed by atoms with Gasteiger partial charge in [-0.2, -0.15) is 0 Å². The van der Waals surface area contributed by atoms with Crippen molar-refractivity contribution < 1.29 is 9.37 Å². The van der Waals surface area contributed by atoms with Gasteiger partial charge in [-0.1, -0.05) is 39.5 Å². The number of rotatable bonds is 12. The first kappa shape index (κ1) is 18.3. The van der Waals surface area contributed by atoms with Crippen LogP contribution in [0.1, 0.15) is 59.3 Å². The Morgan fingerprint density at radius 3 is 2.47 bits per heavy atom. The maximum Gasteiger partial charge on any atom is 0.146 e. The predicted molar refractivity (Wildman–Crippen MR) is 83.2 cm³/mol. The minimum atomic E-state index is -0.00114. The second-order valence-electron chi connectivity index (χ2n) is 5.85. The smallest absolute Gasteiger partial charge is 0.146 e. The van der Waals surface area contributed by atoms with Gasteiger partial charge in [0.2, 0.25) is 0 Å². The molecule has 0 heterocycles. The summed E-state index contributed by atoms with van der Waals surface area (Å²) in [5.74, 6) is 1.09. The van der Waals surface area contributed by atoms with Crippen LogP contribution < -0.4 is 5.32 Å². The zero-order chi connectivity index (χ0) is 14.7. The van der Waals surface area contributed by atoms with Crippen molar-refractivity contribution in [2.24, 2.45) is 5.92 Å². The molecule has 0 aromatic rings. The minimum Gasteiger partial charge on any atom is -0.307 e. The van der Waals surface area contributed by atoms with E-state index in [0.717, 1.165) is 25.4 Å². The first-order valence-electron chi connectivity index (χ1n) is 7.72. The summed E-state index contributed by atoms with van der Waals surface area (Å²) in [4.78, 5) is 11.5. The SMILES string of the molecule is C=[N+](C)CC[C@H](NCCCCC[C@@H](C)CC)C(C)=O. The zero-order valence-corrected chi connectivity index (χ0v) is 13.4. The van der Waals surface area contributed by atoms with Crippen LogP contribution in [-0.4, -0.2) is 43.3 Å². The van der Waals surface area contributed by atoms with Crippen LogP contribution in [0.4, 0.5) is 0 Å². The second kappa shape index (κ2) is 11.2. The highest BCUT2D eigenvalue weighted by Gasteiger charge is 2.14. The molecule has 0 aromatic carbocycles. The van der Waals surface area contributed by atoms with Gasteiger partial charge >= 0.3 is 0 Å². The molecule has 0 radical (unpaired) electrons. The van der Waals surface area contributed by atoms with Gasteiger partial charge in [0.15, 0.2) is 0 Å². The molecule has 0 unspecified atom stereocenters. The lowest BCUT2D eigenvalue weighted by atomic mass is 10.0. The van der Waals surface area contributed by atoms with Crippen molar-refractivity contribution in [3.05, 3.63) is 0 Å². The molecule has 0 aliphatic carbocycles. The molecule has 0 aromatic heterocycles. The lowest BCUT2D eigenvalue weighted by molar-refractivity contribution is -0.489. The first-order chi connectivity index (χ1) is 8.97. The van der Waals surface area contributed by atoms with E-state index in [-0.39, 0.29) is 11.8 Å². The molecule has 112 valence electrons. The quantitative estimate of drug-likeness (QED) is 0.336. The fourth-order valence-corrected chi connectivity index (χ4v) is 2.07. The van der Waals surface area contributed by atoms with Crippen LogP contribution in [0, 0.1) is 5.92 Å². The Balaban J connectivity index is 3.64. The summed E-state index contributed by atoms with van der Waals surface area (Å²) in [5, 5.41) is 3.37. The molecule has 1 N–H and O–H groups in total. The lowest BCUT2D eigenvalue weighted by Crippen LogP contribution is -2.37. The third-order valence-electron chi connectivity index (χ3n) is 3.75. The molecular weight excluding hydrogens is 236 g/mol. The summed E-state index contributed by atoms with van der Waals surface area (Å²) in [6.45, 7) is 11.9. The number of ketones is 1. The predicted octanol–water partition coefficient (Wildman–Crippen LogP) is 2.87. The molecule has 0 saturated carbocycles. The van der Waals surface area contributed by atoms with Gasteiger partial charge in [-0.3, -0.25) is 4.79 Å². The number of unbranched alkanes of at least 4 members (excludes halogenated alkanes) is 2. The summed E-state index contributed by atoms with van der Waals surface area (Å²) in [7, 11) is 1.94. The van der Waals surface area contributed by atoms with E-state index in [1.54, 1.807) is 6.92 Å². The number of hydrogen-bond acceptors (Lipinski definition) is 2. The molecule has 0 spiro atoms. The zero-order valence-electron chi connectivity index (χ0n) is 13.4. The Morgan fingerprint density at radius 2 is 1.95 bits per heavy atom. The van der Waals surface area contributed by atoms with Gasteiger partial charge in [0, 0.05) is 6.42 Å². The van der Waals surface area contributed by atoms with E-state index in [9.17, 15) is 4.79 Å². The van der Waals surface area contributed by atoms with Gasteiger partial charge in [-0.15, -0.1) is 0 Å². The molecule has 0 bridgehead atoms. The van der Waals surface area contributed by atoms with Gasteiger partial charge in [0.25, 0.3) is 0 Å². The normalized spacial score (nSPS) is 14.1. The molecule has 0 aliphatic heterocycles. The Hall–Kier alpha value is -0.700. The van der Waals surface area contributed by atoms with Crippen molar-refractivity contribution >= 4 is 12.5 Å². The van der Waals surface area contributed by atoms with Gasteiger partial charge in [-0.05, 0) is 25.8 Å². The van der Waals surface area contributed by atoms with Crippen LogP contribution in [0.3, 0.4) is 0 Å².